The lowest BCUT2D eigenvalue weighted by molar-refractivity contribution is 0.467. The molecule has 0 unspecified atom stereocenters. The SMILES string of the molecule is c1ccc(CN(Cc2ccccc2)SSc2nc3ccccc3s2)cc1. The molecule has 0 aliphatic rings. The van der Waals surface area contributed by atoms with Gasteiger partial charge in [-0.25, -0.2) is 9.29 Å². The number of fused-ring (bicyclic) bond motifs is 1. The van der Waals surface area contributed by atoms with Crippen LogP contribution in [0, 0.1) is 0 Å². The molecule has 0 saturated heterocycles. The smallest absolute Gasteiger partial charge is 0.162 e. The van der Waals surface area contributed by atoms with Crippen LogP contribution in [0.5, 0.6) is 0 Å². The summed E-state index contributed by atoms with van der Waals surface area (Å²) in [6.07, 6.45) is 0. The summed E-state index contributed by atoms with van der Waals surface area (Å²) in [6.45, 7) is 1.80. The molecule has 0 N–H and O–H groups in total. The summed E-state index contributed by atoms with van der Waals surface area (Å²) >= 11 is 1.76. The minimum Gasteiger partial charge on any atom is -0.232 e. The maximum atomic E-state index is 4.73. The molecular weight excluding hydrogens is 376 g/mol. The quantitative estimate of drug-likeness (QED) is 0.257. The van der Waals surface area contributed by atoms with Crippen LogP contribution in [0.1, 0.15) is 11.1 Å². The number of rotatable bonds is 7. The first-order chi connectivity index (χ1) is 12.9. The van der Waals surface area contributed by atoms with Crippen LogP contribution in [-0.2, 0) is 13.1 Å². The first-order valence-electron chi connectivity index (χ1n) is 8.40. The normalized spacial score (nSPS) is 11.3. The predicted octanol–water partition coefficient (Wildman–Crippen LogP) is 6.65. The van der Waals surface area contributed by atoms with Gasteiger partial charge in [-0.15, -0.1) is 11.3 Å². The van der Waals surface area contributed by atoms with Gasteiger partial charge in [-0.1, -0.05) is 72.8 Å². The van der Waals surface area contributed by atoms with Crippen LogP contribution in [0.25, 0.3) is 10.2 Å². The van der Waals surface area contributed by atoms with Crippen LogP contribution in [0.2, 0.25) is 0 Å². The maximum Gasteiger partial charge on any atom is 0.162 e. The van der Waals surface area contributed by atoms with E-state index >= 15 is 0 Å². The van der Waals surface area contributed by atoms with Crippen LogP contribution >= 0.6 is 33.1 Å². The van der Waals surface area contributed by atoms with Gasteiger partial charge in [0, 0.05) is 13.1 Å². The molecule has 0 saturated carbocycles. The fourth-order valence-corrected chi connectivity index (χ4v) is 5.98. The van der Waals surface area contributed by atoms with E-state index in [2.05, 4.69) is 83.2 Å². The number of para-hydroxylation sites is 1. The van der Waals surface area contributed by atoms with Crippen molar-refractivity contribution in [3.63, 3.8) is 0 Å². The monoisotopic (exact) mass is 394 g/mol. The molecule has 3 aromatic carbocycles. The highest BCUT2D eigenvalue weighted by molar-refractivity contribution is 8.76. The van der Waals surface area contributed by atoms with E-state index in [0.717, 1.165) is 22.9 Å². The van der Waals surface area contributed by atoms with Gasteiger partial charge in [0.15, 0.2) is 4.34 Å². The number of hydrogen-bond donors (Lipinski definition) is 0. The molecule has 130 valence electrons. The topological polar surface area (TPSA) is 16.1 Å². The molecule has 0 spiro atoms. The Labute approximate surface area is 165 Å². The van der Waals surface area contributed by atoms with Crippen molar-refractivity contribution in [3.05, 3.63) is 96.1 Å². The number of hydrogen-bond acceptors (Lipinski definition) is 5. The van der Waals surface area contributed by atoms with Crippen molar-refractivity contribution >= 4 is 43.3 Å². The maximum absolute atomic E-state index is 4.73. The number of aromatic nitrogens is 1. The molecule has 0 fully saturated rings. The van der Waals surface area contributed by atoms with Crippen molar-refractivity contribution in [2.24, 2.45) is 0 Å². The van der Waals surface area contributed by atoms with E-state index in [1.54, 1.807) is 33.1 Å². The second-order valence-corrected chi connectivity index (χ2v) is 9.33. The van der Waals surface area contributed by atoms with Crippen LogP contribution in [0.15, 0.2) is 89.3 Å². The zero-order valence-corrected chi connectivity index (χ0v) is 16.6. The summed E-state index contributed by atoms with van der Waals surface area (Å²) in [6, 6.07) is 29.6. The lowest BCUT2D eigenvalue weighted by atomic mass is 10.2. The zero-order valence-electron chi connectivity index (χ0n) is 14.1. The average Bonchev–Trinajstić information content (AvgIpc) is 3.11. The first kappa shape index (κ1) is 17.6. The molecule has 0 bridgehead atoms. The van der Waals surface area contributed by atoms with Crippen molar-refractivity contribution in [2.75, 3.05) is 0 Å². The van der Waals surface area contributed by atoms with Gasteiger partial charge in [0.05, 0.1) is 10.2 Å². The predicted molar refractivity (Wildman–Crippen MR) is 115 cm³/mol. The number of thiazole rings is 1. The van der Waals surface area contributed by atoms with Gasteiger partial charge in [0.25, 0.3) is 0 Å². The van der Waals surface area contributed by atoms with E-state index in [0.29, 0.717) is 0 Å². The summed E-state index contributed by atoms with van der Waals surface area (Å²) in [4.78, 5) is 4.73. The third-order valence-electron chi connectivity index (χ3n) is 3.89. The molecule has 5 heteroatoms. The Morgan fingerprint density at radius 3 is 1.92 bits per heavy atom. The van der Waals surface area contributed by atoms with Crippen molar-refractivity contribution in [1.29, 1.82) is 0 Å². The van der Waals surface area contributed by atoms with Gasteiger partial charge in [-0.05, 0) is 45.0 Å². The summed E-state index contributed by atoms with van der Waals surface area (Å²) in [5, 5.41) is 0. The van der Waals surface area contributed by atoms with Crippen LogP contribution in [0.3, 0.4) is 0 Å². The molecule has 0 amide bonds. The number of nitrogens with zero attached hydrogens (tertiary/aromatic N) is 2. The first-order valence-corrected chi connectivity index (χ1v) is 11.3. The molecule has 26 heavy (non-hydrogen) atoms. The van der Waals surface area contributed by atoms with Crippen LogP contribution in [0.4, 0.5) is 0 Å². The minimum absolute atomic E-state index is 0.901. The van der Waals surface area contributed by atoms with Gasteiger partial charge in [0.1, 0.15) is 0 Å². The minimum atomic E-state index is 0.901. The van der Waals surface area contributed by atoms with E-state index in [4.69, 9.17) is 4.98 Å². The van der Waals surface area contributed by atoms with Crippen LogP contribution in [-0.4, -0.2) is 9.29 Å². The molecule has 1 heterocycles. The average molecular weight is 395 g/mol. The highest BCUT2D eigenvalue weighted by Gasteiger charge is 2.11. The third kappa shape index (κ3) is 4.68. The molecule has 0 aliphatic carbocycles. The molecule has 0 aliphatic heterocycles. The Morgan fingerprint density at radius 2 is 1.31 bits per heavy atom. The summed E-state index contributed by atoms with van der Waals surface area (Å²) in [7, 11) is 3.52. The van der Waals surface area contributed by atoms with Crippen molar-refractivity contribution in [3.8, 4) is 0 Å². The van der Waals surface area contributed by atoms with Gasteiger partial charge in [-0.2, -0.15) is 0 Å². The van der Waals surface area contributed by atoms with Crippen molar-refractivity contribution < 1.29 is 0 Å². The third-order valence-corrected chi connectivity index (χ3v) is 7.65. The molecule has 0 atom stereocenters. The zero-order chi connectivity index (χ0) is 17.6. The second kappa shape index (κ2) is 8.73. The van der Waals surface area contributed by atoms with Gasteiger partial charge < -0.3 is 0 Å². The highest BCUT2D eigenvalue weighted by Crippen LogP contribution is 2.39. The molecule has 4 rings (SSSR count). The standard InChI is InChI=1S/C21H18N2S3/c1-3-9-17(10-4-1)15-23(16-18-11-5-2-6-12-18)26-25-21-22-19-13-7-8-14-20(19)24-21/h1-14H,15-16H2. The molecule has 0 radical (unpaired) electrons. The summed E-state index contributed by atoms with van der Waals surface area (Å²) in [5.74, 6) is 0. The molecule has 4 aromatic rings. The summed E-state index contributed by atoms with van der Waals surface area (Å²) < 4.78 is 4.73. The van der Waals surface area contributed by atoms with E-state index in [9.17, 15) is 0 Å². The van der Waals surface area contributed by atoms with Crippen molar-refractivity contribution in [2.45, 2.75) is 17.4 Å². The molecular formula is C21H18N2S3. The highest BCUT2D eigenvalue weighted by atomic mass is 33.1. The Balaban J connectivity index is 1.48. The lowest BCUT2D eigenvalue weighted by Gasteiger charge is -2.20. The van der Waals surface area contributed by atoms with Gasteiger partial charge in [0.2, 0.25) is 0 Å². The van der Waals surface area contributed by atoms with Gasteiger partial charge >= 0.3 is 0 Å². The van der Waals surface area contributed by atoms with E-state index in [1.165, 1.54) is 15.8 Å². The number of benzene rings is 3. The van der Waals surface area contributed by atoms with E-state index in [1.807, 2.05) is 6.07 Å². The van der Waals surface area contributed by atoms with Gasteiger partial charge in [-0.3, -0.25) is 0 Å². The lowest BCUT2D eigenvalue weighted by Crippen LogP contribution is -2.13. The fourth-order valence-electron chi connectivity index (χ4n) is 2.65. The molecule has 1 aromatic heterocycles. The van der Waals surface area contributed by atoms with Crippen LogP contribution < -0.4 is 0 Å². The Hall–Kier alpha value is -1.79. The van der Waals surface area contributed by atoms with Crippen molar-refractivity contribution in [1.82, 2.24) is 9.29 Å². The largest absolute Gasteiger partial charge is 0.232 e. The Morgan fingerprint density at radius 1 is 0.731 bits per heavy atom. The fraction of sp³-hybridized carbons (Fsp3) is 0.0952. The van der Waals surface area contributed by atoms with E-state index < -0.39 is 0 Å². The Kier molecular flexibility index (Phi) is 5.92. The summed E-state index contributed by atoms with van der Waals surface area (Å²) in [5.41, 5.74) is 3.72. The molecule has 2 nitrogen and oxygen atoms in total. The van der Waals surface area contributed by atoms with E-state index in [-0.39, 0.29) is 0 Å². The Bertz CT molecular complexity index is 880. The second-order valence-electron chi connectivity index (χ2n) is 5.87.